The number of carbonyl (C=O) groups is 3. The fourth-order valence-electron chi connectivity index (χ4n) is 1.62. The lowest BCUT2D eigenvalue weighted by atomic mass is 10.0. The Morgan fingerprint density at radius 2 is 1.81 bits per heavy atom. The molecule has 0 saturated carbocycles. The minimum Gasteiger partial charge on any atom is -0.463 e. The molecule has 0 heterocycles. The van der Waals surface area contributed by atoms with Crippen LogP contribution in [-0.2, 0) is 23.9 Å². The molecule has 26 heavy (non-hydrogen) atoms. The number of nitrogens with one attached hydrogen (secondary N) is 1. The van der Waals surface area contributed by atoms with Crippen molar-refractivity contribution < 1.29 is 39.2 Å². The molecular formula is C14H24N4O8. The maximum Gasteiger partial charge on any atom is 0.347 e. The Kier molecular flexibility index (Phi) is 11.7. The van der Waals surface area contributed by atoms with Crippen LogP contribution in [0.1, 0.15) is 26.2 Å². The molecule has 1 atom stereocenters. The molecule has 0 aromatic rings. The van der Waals surface area contributed by atoms with Crippen LogP contribution in [0.2, 0.25) is 0 Å². The lowest BCUT2D eigenvalue weighted by Gasteiger charge is -2.28. The molecule has 0 fully saturated rings. The van der Waals surface area contributed by atoms with Crippen molar-refractivity contribution >= 4 is 17.8 Å². The lowest BCUT2D eigenvalue weighted by Crippen LogP contribution is -2.57. The Bertz CT molecular complexity index is 509. The monoisotopic (exact) mass is 376 g/mol. The molecule has 0 bridgehead atoms. The molecule has 148 valence electrons. The van der Waals surface area contributed by atoms with E-state index < -0.39 is 49.3 Å². The number of carbonyl (C=O) groups excluding carboxylic acids is 3. The van der Waals surface area contributed by atoms with Crippen molar-refractivity contribution in [3.63, 3.8) is 0 Å². The van der Waals surface area contributed by atoms with Crippen LogP contribution in [0.3, 0.4) is 0 Å². The zero-order valence-corrected chi connectivity index (χ0v) is 14.5. The fraction of sp³-hybridized carbons (Fsp3) is 0.786. The number of ether oxygens (including phenoxy) is 2. The number of amides is 1. The van der Waals surface area contributed by atoms with Gasteiger partial charge in [-0.25, -0.2) is 4.79 Å². The Balaban J connectivity index is 4.18. The van der Waals surface area contributed by atoms with Gasteiger partial charge in [-0.2, -0.15) is 0 Å². The van der Waals surface area contributed by atoms with Crippen LogP contribution in [0.15, 0.2) is 5.11 Å². The molecule has 0 radical (unpaired) electrons. The standard InChI is InChI=1S/C14H24N4O8/c1-10(13(24)25-6-2-5-16-18-15)26-12(23)4-3-11(22)17-14(7-19,8-20)9-21/h10,19-21H,2-9H2,1H3,(H,17,22). The highest BCUT2D eigenvalue weighted by atomic mass is 16.6. The maximum atomic E-state index is 11.7. The van der Waals surface area contributed by atoms with Gasteiger partial charge in [-0.1, -0.05) is 5.11 Å². The van der Waals surface area contributed by atoms with Gasteiger partial charge in [-0.15, -0.1) is 0 Å². The van der Waals surface area contributed by atoms with E-state index in [1.807, 2.05) is 0 Å². The molecule has 0 aliphatic heterocycles. The minimum atomic E-state index is -1.58. The van der Waals surface area contributed by atoms with E-state index in [9.17, 15) is 14.4 Å². The highest BCUT2D eigenvalue weighted by molar-refractivity contribution is 5.83. The number of nitrogens with zero attached hydrogens (tertiary/aromatic N) is 3. The van der Waals surface area contributed by atoms with Crippen LogP contribution in [0, 0.1) is 0 Å². The molecule has 0 spiro atoms. The summed E-state index contributed by atoms with van der Waals surface area (Å²) in [5.74, 6) is -2.28. The topological polar surface area (TPSA) is 191 Å². The van der Waals surface area contributed by atoms with Gasteiger partial charge in [-0.05, 0) is 18.9 Å². The SMILES string of the molecule is CC(OC(=O)CCC(=O)NC(CO)(CO)CO)C(=O)OCCCN=[N+]=[N-]. The molecule has 0 rings (SSSR count). The summed E-state index contributed by atoms with van der Waals surface area (Å²) in [6.45, 7) is -0.559. The van der Waals surface area contributed by atoms with Crippen molar-refractivity contribution in [3.05, 3.63) is 10.4 Å². The van der Waals surface area contributed by atoms with Gasteiger partial charge in [0, 0.05) is 17.9 Å². The molecule has 1 unspecified atom stereocenters. The van der Waals surface area contributed by atoms with E-state index in [0.29, 0.717) is 6.42 Å². The first-order valence-electron chi connectivity index (χ1n) is 7.84. The Morgan fingerprint density at radius 1 is 1.19 bits per heavy atom. The smallest absolute Gasteiger partial charge is 0.347 e. The van der Waals surface area contributed by atoms with Gasteiger partial charge in [0.25, 0.3) is 0 Å². The van der Waals surface area contributed by atoms with Crippen molar-refractivity contribution in [1.29, 1.82) is 0 Å². The van der Waals surface area contributed by atoms with Gasteiger partial charge >= 0.3 is 11.9 Å². The normalized spacial score (nSPS) is 11.8. The Hall–Kier alpha value is -2.40. The number of hydrogen-bond acceptors (Lipinski definition) is 9. The molecule has 0 aliphatic carbocycles. The summed E-state index contributed by atoms with van der Waals surface area (Å²) in [5.41, 5.74) is 6.51. The number of rotatable bonds is 13. The van der Waals surface area contributed by atoms with Gasteiger partial charge in [0.05, 0.1) is 32.8 Å². The summed E-state index contributed by atoms with van der Waals surface area (Å²) in [7, 11) is 0. The minimum absolute atomic E-state index is 0.00765. The van der Waals surface area contributed by atoms with E-state index in [1.54, 1.807) is 0 Å². The van der Waals surface area contributed by atoms with Gasteiger partial charge < -0.3 is 30.1 Å². The summed E-state index contributed by atoms with van der Waals surface area (Å²) >= 11 is 0. The predicted octanol–water partition coefficient (Wildman–Crippen LogP) is -1.23. The van der Waals surface area contributed by atoms with E-state index in [-0.39, 0.29) is 26.0 Å². The summed E-state index contributed by atoms with van der Waals surface area (Å²) in [4.78, 5) is 37.5. The van der Waals surface area contributed by atoms with E-state index >= 15 is 0 Å². The Morgan fingerprint density at radius 3 is 2.35 bits per heavy atom. The molecular weight excluding hydrogens is 352 g/mol. The summed E-state index contributed by atoms with van der Waals surface area (Å²) in [6.07, 6.45) is -1.51. The first-order chi connectivity index (χ1) is 12.3. The molecule has 1 amide bonds. The van der Waals surface area contributed by atoms with Crippen molar-refractivity contribution in [2.75, 3.05) is 33.0 Å². The van der Waals surface area contributed by atoms with Crippen LogP contribution >= 0.6 is 0 Å². The third kappa shape index (κ3) is 9.18. The van der Waals surface area contributed by atoms with E-state index in [0.717, 1.165) is 0 Å². The van der Waals surface area contributed by atoms with Gasteiger partial charge in [0.2, 0.25) is 5.91 Å². The first-order valence-corrected chi connectivity index (χ1v) is 7.84. The average molecular weight is 376 g/mol. The predicted molar refractivity (Wildman–Crippen MR) is 86.5 cm³/mol. The highest BCUT2D eigenvalue weighted by Crippen LogP contribution is 2.05. The lowest BCUT2D eigenvalue weighted by molar-refractivity contribution is -0.166. The zero-order valence-electron chi connectivity index (χ0n) is 14.5. The largest absolute Gasteiger partial charge is 0.463 e. The summed E-state index contributed by atoms with van der Waals surface area (Å²) in [5, 5.41) is 32.8. The first kappa shape index (κ1) is 23.6. The molecule has 12 heteroatoms. The Labute approximate surface area is 149 Å². The van der Waals surface area contributed by atoms with Crippen LogP contribution < -0.4 is 5.32 Å². The zero-order chi connectivity index (χ0) is 20.0. The second-order valence-electron chi connectivity index (χ2n) is 5.41. The fourth-order valence-corrected chi connectivity index (χ4v) is 1.62. The average Bonchev–Trinajstić information content (AvgIpc) is 2.64. The van der Waals surface area contributed by atoms with Gasteiger partial charge in [0.15, 0.2) is 6.10 Å². The highest BCUT2D eigenvalue weighted by Gasteiger charge is 2.30. The van der Waals surface area contributed by atoms with Crippen LogP contribution in [0.25, 0.3) is 10.4 Å². The molecule has 0 aliphatic rings. The molecule has 0 aromatic heterocycles. The molecule has 0 aromatic carbocycles. The van der Waals surface area contributed by atoms with Crippen LogP contribution in [-0.4, -0.2) is 77.8 Å². The number of azide groups is 1. The molecule has 0 saturated heterocycles. The number of hydrogen-bond donors (Lipinski definition) is 4. The van der Waals surface area contributed by atoms with Crippen molar-refractivity contribution in [1.82, 2.24) is 5.32 Å². The third-order valence-corrected chi connectivity index (χ3v) is 3.22. The number of aliphatic hydroxyl groups excluding tert-OH is 3. The van der Waals surface area contributed by atoms with E-state index in [1.165, 1.54) is 6.92 Å². The van der Waals surface area contributed by atoms with Gasteiger partial charge in [0.1, 0.15) is 5.54 Å². The third-order valence-electron chi connectivity index (χ3n) is 3.22. The number of esters is 2. The van der Waals surface area contributed by atoms with Crippen molar-refractivity contribution in [2.24, 2.45) is 5.11 Å². The summed E-state index contributed by atoms with van der Waals surface area (Å²) in [6, 6.07) is 0. The van der Waals surface area contributed by atoms with Gasteiger partial charge in [-0.3, -0.25) is 9.59 Å². The maximum absolute atomic E-state index is 11.7. The molecule has 4 N–H and O–H groups in total. The number of aliphatic hydroxyl groups is 3. The second kappa shape index (κ2) is 12.9. The van der Waals surface area contributed by atoms with E-state index in [2.05, 4.69) is 15.3 Å². The van der Waals surface area contributed by atoms with Crippen molar-refractivity contribution in [2.45, 2.75) is 37.8 Å². The van der Waals surface area contributed by atoms with Crippen molar-refractivity contribution in [3.8, 4) is 0 Å². The van der Waals surface area contributed by atoms with Crippen LogP contribution in [0.5, 0.6) is 0 Å². The summed E-state index contributed by atoms with van der Waals surface area (Å²) < 4.78 is 9.65. The molecule has 12 nitrogen and oxygen atoms in total. The van der Waals surface area contributed by atoms with E-state index in [4.69, 9.17) is 30.3 Å². The quantitative estimate of drug-likeness (QED) is 0.101. The van der Waals surface area contributed by atoms with Crippen LogP contribution in [0.4, 0.5) is 0 Å². The second-order valence-corrected chi connectivity index (χ2v) is 5.41.